The van der Waals surface area contributed by atoms with Gasteiger partial charge in [0.15, 0.2) is 5.78 Å². The molecular weight excluding hydrogens is 246 g/mol. The molecule has 0 aliphatic heterocycles. The van der Waals surface area contributed by atoms with Gasteiger partial charge >= 0.3 is 0 Å². The highest BCUT2D eigenvalue weighted by Crippen LogP contribution is 2.31. The van der Waals surface area contributed by atoms with Crippen LogP contribution in [-0.2, 0) is 11.2 Å². The average molecular weight is 265 g/mol. The number of Topliss-reactive ketones (excluding diaryl/α,β-unsaturated/α-hetero) is 1. The van der Waals surface area contributed by atoms with Crippen LogP contribution in [0, 0.1) is 0 Å². The van der Waals surface area contributed by atoms with Crippen molar-refractivity contribution in [3.63, 3.8) is 0 Å². The summed E-state index contributed by atoms with van der Waals surface area (Å²) in [5, 5.41) is 13.2. The second-order valence-electron chi connectivity index (χ2n) is 4.68. The zero-order valence-electron chi connectivity index (χ0n) is 10.7. The summed E-state index contributed by atoms with van der Waals surface area (Å²) >= 11 is 1.48. The van der Waals surface area contributed by atoms with Gasteiger partial charge < -0.3 is 5.11 Å². The van der Waals surface area contributed by atoms with Crippen LogP contribution in [0.5, 0.6) is 0 Å². The van der Waals surface area contributed by atoms with Crippen molar-refractivity contribution in [1.82, 2.24) is 5.32 Å². The first-order valence-corrected chi connectivity index (χ1v) is 7.47. The SMILES string of the molecule is CSC(N[C@@H]1c2ccccc2CC[C@@H]1O)C(C)=O. The number of thioether (sulfide) groups is 1. The van der Waals surface area contributed by atoms with Crippen LogP contribution in [0.15, 0.2) is 24.3 Å². The molecule has 0 saturated heterocycles. The van der Waals surface area contributed by atoms with E-state index in [-0.39, 0.29) is 17.2 Å². The molecule has 0 radical (unpaired) electrons. The molecule has 2 N–H and O–H groups in total. The van der Waals surface area contributed by atoms with Gasteiger partial charge in [0.25, 0.3) is 0 Å². The Hall–Kier alpha value is -0.840. The number of aliphatic hydroxyl groups excluding tert-OH is 1. The maximum atomic E-state index is 11.5. The summed E-state index contributed by atoms with van der Waals surface area (Å²) in [5.74, 6) is 0.0951. The van der Waals surface area contributed by atoms with Crippen molar-refractivity contribution < 1.29 is 9.90 Å². The quantitative estimate of drug-likeness (QED) is 0.816. The van der Waals surface area contributed by atoms with Crippen LogP contribution in [-0.4, -0.2) is 28.6 Å². The van der Waals surface area contributed by atoms with E-state index in [0.717, 1.165) is 18.4 Å². The standard InChI is InChI=1S/C14H19NO2S/c1-9(16)14(18-2)15-13-11-6-4-3-5-10(11)7-8-12(13)17/h3-6,12-15,17H,7-8H2,1-2H3/t12-,13+,14?/m0/s1. The van der Waals surface area contributed by atoms with Gasteiger partial charge in [0.05, 0.1) is 12.1 Å². The van der Waals surface area contributed by atoms with E-state index in [0.29, 0.717) is 0 Å². The Morgan fingerprint density at radius 2 is 2.22 bits per heavy atom. The molecule has 3 atom stereocenters. The van der Waals surface area contributed by atoms with Crippen molar-refractivity contribution in [3.05, 3.63) is 35.4 Å². The molecule has 0 bridgehead atoms. The fourth-order valence-corrected chi connectivity index (χ4v) is 3.07. The zero-order valence-corrected chi connectivity index (χ0v) is 11.5. The van der Waals surface area contributed by atoms with Gasteiger partial charge in [-0.15, -0.1) is 11.8 Å². The third kappa shape index (κ3) is 2.76. The van der Waals surface area contributed by atoms with E-state index in [9.17, 15) is 9.90 Å². The highest BCUT2D eigenvalue weighted by atomic mass is 32.2. The smallest absolute Gasteiger partial charge is 0.156 e. The van der Waals surface area contributed by atoms with Crippen LogP contribution in [0.25, 0.3) is 0 Å². The largest absolute Gasteiger partial charge is 0.391 e. The van der Waals surface area contributed by atoms with Crippen LogP contribution in [0.3, 0.4) is 0 Å². The Morgan fingerprint density at radius 3 is 2.89 bits per heavy atom. The van der Waals surface area contributed by atoms with Gasteiger partial charge in [0, 0.05) is 0 Å². The third-order valence-corrected chi connectivity index (χ3v) is 4.36. The lowest BCUT2D eigenvalue weighted by Crippen LogP contribution is -2.42. The number of rotatable bonds is 4. The molecule has 1 aromatic carbocycles. The minimum Gasteiger partial charge on any atom is -0.391 e. The number of ketones is 1. The molecule has 0 heterocycles. The van der Waals surface area contributed by atoms with Gasteiger partial charge in [-0.1, -0.05) is 24.3 Å². The summed E-state index contributed by atoms with van der Waals surface area (Å²) in [5.41, 5.74) is 2.39. The number of hydrogen-bond donors (Lipinski definition) is 2. The number of carbonyl (C=O) groups excluding carboxylic acids is 1. The molecule has 0 saturated carbocycles. The Balaban J connectivity index is 2.23. The Bertz CT molecular complexity index is 436. The van der Waals surface area contributed by atoms with Crippen LogP contribution >= 0.6 is 11.8 Å². The van der Waals surface area contributed by atoms with Gasteiger partial charge in [-0.25, -0.2) is 0 Å². The summed E-state index contributed by atoms with van der Waals surface area (Å²) in [6.07, 6.45) is 3.13. The molecule has 3 nitrogen and oxygen atoms in total. The lowest BCUT2D eigenvalue weighted by molar-refractivity contribution is -0.117. The Morgan fingerprint density at radius 1 is 1.50 bits per heavy atom. The average Bonchev–Trinajstić information content (AvgIpc) is 2.37. The molecule has 1 aromatic rings. The maximum absolute atomic E-state index is 11.5. The van der Waals surface area contributed by atoms with E-state index < -0.39 is 6.10 Å². The molecule has 2 rings (SSSR count). The molecule has 18 heavy (non-hydrogen) atoms. The molecular formula is C14H19NO2S. The monoisotopic (exact) mass is 265 g/mol. The number of nitrogens with one attached hydrogen (secondary N) is 1. The number of carbonyl (C=O) groups is 1. The molecule has 0 spiro atoms. The predicted octanol–water partition coefficient (Wildman–Crippen LogP) is 1.90. The number of aryl methyl sites for hydroxylation is 1. The van der Waals surface area contributed by atoms with Crippen molar-refractivity contribution in [2.24, 2.45) is 0 Å². The fourth-order valence-electron chi connectivity index (χ4n) is 2.46. The number of fused-ring (bicyclic) bond motifs is 1. The normalized spacial score (nSPS) is 24.4. The Labute approximate surface area is 112 Å². The molecule has 0 amide bonds. The topological polar surface area (TPSA) is 49.3 Å². The first-order valence-electron chi connectivity index (χ1n) is 6.18. The van der Waals surface area contributed by atoms with Crippen LogP contribution < -0.4 is 5.32 Å². The van der Waals surface area contributed by atoms with Crippen LogP contribution in [0.1, 0.15) is 30.5 Å². The molecule has 4 heteroatoms. The summed E-state index contributed by atoms with van der Waals surface area (Å²) in [7, 11) is 0. The van der Waals surface area contributed by atoms with E-state index >= 15 is 0 Å². The summed E-state index contributed by atoms with van der Waals surface area (Å²) in [6, 6.07) is 7.99. The van der Waals surface area contributed by atoms with Gasteiger partial charge in [0.1, 0.15) is 5.37 Å². The fraction of sp³-hybridized carbons (Fsp3) is 0.500. The molecule has 1 unspecified atom stereocenters. The number of benzene rings is 1. The number of hydrogen-bond acceptors (Lipinski definition) is 4. The van der Waals surface area contributed by atoms with E-state index in [1.165, 1.54) is 17.3 Å². The predicted molar refractivity (Wildman–Crippen MR) is 74.6 cm³/mol. The Kier molecular flexibility index (Phi) is 4.43. The van der Waals surface area contributed by atoms with Crippen molar-refractivity contribution in [3.8, 4) is 0 Å². The highest BCUT2D eigenvalue weighted by Gasteiger charge is 2.30. The summed E-state index contributed by atoms with van der Waals surface area (Å²) in [4.78, 5) is 11.5. The van der Waals surface area contributed by atoms with Crippen molar-refractivity contribution in [1.29, 1.82) is 0 Å². The van der Waals surface area contributed by atoms with Gasteiger partial charge in [0.2, 0.25) is 0 Å². The summed E-state index contributed by atoms with van der Waals surface area (Å²) in [6.45, 7) is 1.58. The minimum atomic E-state index is -0.422. The molecule has 1 aliphatic rings. The van der Waals surface area contributed by atoms with Gasteiger partial charge in [-0.05, 0) is 37.1 Å². The third-order valence-electron chi connectivity index (χ3n) is 3.42. The zero-order chi connectivity index (χ0) is 13.1. The van der Waals surface area contributed by atoms with Crippen molar-refractivity contribution >= 4 is 17.5 Å². The first-order chi connectivity index (χ1) is 8.63. The molecule has 0 fully saturated rings. The van der Waals surface area contributed by atoms with E-state index in [1.807, 2.05) is 24.5 Å². The lowest BCUT2D eigenvalue weighted by atomic mass is 9.85. The second-order valence-corrected chi connectivity index (χ2v) is 5.62. The lowest BCUT2D eigenvalue weighted by Gasteiger charge is -2.33. The molecule has 0 aromatic heterocycles. The second kappa shape index (κ2) is 5.87. The summed E-state index contributed by atoms with van der Waals surface area (Å²) < 4.78 is 0. The van der Waals surface area contributed by atoms with E-state index in [4.69, 9.17) is 0 Å². The van der Waals surface area contributed by atoms with Crippen LogP contribution in [0.2, 0.25) is 0 Å². The molecule has 98 valence electrons. The molecule has 1 aliphatic carbocycles. The van der Waals surface area contributed by atoms with Gasteiger partial charge in [-0.3, -0.25) is 10.1 Å². The van der Waals surface area contributed by atoms with Crippen LogP contribution in [0.4, 0.5) is 0 Å². The van der Waals surface area contributed by atoms with E-state index in [2.05, 4.69) is 11.4 Å². The number of aliphatic hydroxyl groups is 1. The highest BCUT2D eigenvalue weighted by molar-refractivity contribution is 7.99. The van der Waals surface area contributed by atoms with E-state index in [1.54, 1.807) is 6.92 Å². The van der Waals surface area contributed by atoms with Crippen molar-refractivity contribution in [2.45, 2.75) is 37.3 Å². The van der Waals surface area contributed by atoms with Crippen molar-refractivity contribution in [2.75, 3.05) is 6.26 Å². The minimum absolute atomic E-state index is 0.0951. The van der Waals surface area contributed by atoms with Gasteiger partial charge in [-0.2, -0.15) is 0 Å². The maximum Gasteiger partial charge on any atom is 0.156 e. The first kappa shape index (κ1) is 13.6.